The molecule has 4 heteroatoms. The van der Waals surface area contributed by atoms with E-state index in [1.807, 2.05) is 25.8 Å². The first-order valence-electron chi connectivity index (χ1n) is 5.24. The lowest BCUT2D eigenvalue weighted by molar-refractivity contribution is -0.119. The van der Waals surface area contributed by atoms with Crippen molar-refractivity contribution in [3.8, 4) is 0 Å². The number of benzene rings is 1. The van der Waals surface area contributed by atoms with Crippen LogP contribution in [0.2, 0.25) is 0 Å². The van der Waals surface area contributed by atoms with Crippen LogP contribution in [-0.4, -0.2) is 25.5 Å². The maximum Gasteiger partial charge on any atom is 0.236 e. The van der Waals surface area contributed by atoms with Gasteiger partial charge in [0.15, 0.2) is 0 Å². The number of hydrogen-bond donors (Lipinski definition) is 2. The van der Waals surface area contributed by atoms with Gasteiger partial charge in [0.25, 0.3) is 0 Å². The molecule has 4 nitrogen and oxygen atoms in total. The van der Waals surface area contributed by atoms with Gasteiger partial charge in [0.1, 0.15) is 6.04 Å². The molecule has 0 aliphatic rings. The van der Waals surface area contributed by atoms with Crippen LogP contribution in [0.5, 0.6) is 0 Å². The first-order chi connectivity index (χ1) is 7.40. The van der Waals surface area contributed by atoms with Crippen LogP contribution < -0.4 is 16.4 Å². The Bertz CT molecular complexity index is 370. The molecule has 1 rings (SSSR count). The Morgan fingerprint density at radius 1 is 1.31 bits per heavy atom. The molecule has 0 aromatic heterocycles. The van der Waals surface area contributed by atoms with E-state index in [0.29, 0.717) is 6.54 Å². The SMILES string of the molecule is Cc1cc(C)cc(N(C)CC(N)C(N)=O)c1. The van der Waals surface area contributed by atoms with Crippen molar-refractivity contribution in [1.82, 2.24) is 0 Å². The molecule has 1 unspecified atom stereocenters. The molecule has 0 spiro atoms. The Balaban J connectivity index is 2.80. The monoisotopic (exact) mass is 221 g/mol. The van der Waals surface area contributed by atoms with Gasteiger partial charge in [0, 0.05) is 19.3 Å². The molecule has 4 N–H and O–H groups in total. The Morgan fingerprint density at radius 2 is 1.81 bits per heavy atom. The molecule has 1 atom stereocenters. The standard InChI is InChI=1S/C12H19N3O/c1-8-4-9(2)6-10(5-8)15(3)7-11(13)12(14)16/h4-6,11H,7,13H2,1-3H3,(H2,14,16). The van der Waals surface area contributed by atoms with Gasteiger partial charge >= 0.3 is 0 Å². The van der Waals surface area contributed by atoms with Gasteiger partial charge in [-0.25, -0.2) is 0 Å². The lowest BCUT2D eigenvalue weighted by Crippen LogP contribution is -2.45. The van der Waals surface area contributed by atoms with Gasteiger partial charge in [-0.2, -0.15) is 0 Å². The van der Waals surface area contributed by atoms with Crippen LogP contribution in [0.3, 0.4) is 0 Å². The summed E-state index contributed by atoms with van der Waals surface area (Å²) in [6.45, 7) is 4.51. The van der Waals surface area contributed by atoms with Gasteiger partial charge < -0.3 is 16.4 Å². The summed E-state index contributed by atoms with van der Waals surface area (Å²) < 4.78 is 0. The molecule has 0 heterocycles. The number of primary amides is 1. The molecule has 0 aliphatic heterocycles. The highest BCUT2D eigenvalue weighted by Crippen LogP contribution is 2.17. The predicted molar refractivity (Wildman–Crippen MR) is 66.4 cm³/mol. The van der Waals surface area contributed by atoms with E-state index in [1.165, 1.54) is 11.1 Å². The molecule has 1 amide bonds. The molecule has 16 heavy (non-hydrogen) atoms. The highest BCUT2D eigenvalue weighted by molar-refractivity contribution is 5.80. The Hall–Kier alpha value is -1.55. The van der Waals surface area contributed by atoms with Gasteiger partial charge in [0.2, 0.25) is 5.91 Å². The van der Waals surface area contributed by atoms with Crippen molar-refractivity contribution in [3.63, 3.8) is 0 Å². The lowest BCUT2D eigenvalue weighted by atomic mass is 10.1. The van der Waals surface area contributed by atoms with Crippen LogP contribution in [0.1, 0.15) is 11.1 Å². The molecule has 1 aromatic rings. The zero-order valence-electron chi connectivity index (χ0n) is 10.0. The topological polar surface area (TPSA) is 72.3 Å². The summed E-state index contributed by atoms with van der Waals surface area (Å²) in [4.78, 5) is 12.8. The van der Waals surface area contributed by atoms with Crippen molar-refractivity contribution in [2.45, 2.75) is 19.9 Å². The highest BCUT2D eigenvalue weighted by atomic mass is 16.1. The lowest BCUT2D eigenvalue weighted by Gasteiger charge is -2.22. The fraction of sp³-hybridized carbons (Fsp3) is 0.417. The van der Waals surface area contributed by atoms with Crippen LogP contribution in [0.25, 0.3) is 0 Å². The Kier molecular flexibility index (Phi) is 3.90. The summed E-state index contributed by atoms with van der Waals surface area (Å²) in [5, 5.41) is 0. The maximum absolute atomic E-state index is 10.9. The molecular weight excluding hydrogens is 202 g/mol. The minimum absolute atomic E-state index is 0.429. The van der Waals surface area contributed by atoms with Crippen molar-refractivity contribution in [2.75, 3.05) is 18.5 Å². The average molecular weight is 221 g/mol. The zero-order chi connectivity index (χ0) is 12.3. The third-order valence-corrected chi connectivity index (χ3v) is 2.48. The molecule has 0 saturated carbocycles. The molecule has 0 bridgehead atoms. The number of carbonyl (C=O) groups excluding carboxylic acids is 1. The van der Waals surface area contributed by atoms with Crippen molar-refractivity contribution in [1.29, 1.82) is 0 Å². The minimum Gasteiger partial charge on any atom is -0.372 e. The number of likely N-dealkylation sites (N-methyl/N-ethyl adjacent to an activating group) is 1. The third-order valence-electron chi connectivity index (χ3n) is 2.48. The molecular formula is C12H19N3O. The summed E-state index contributed by atoms with van der Waals surface area (Å²) in [5.41, 5.74) is 14.2. The summed E-state index contributed by atoms with van der Waals surface area (Å²) in [7, 11) is 1.90. The van der Waals surface area contributed by atoms with E-state index in [9.17, 15) is 4.79 Å². The van der Waals surface area contributed by atoms with Crippen LogP contribution in [0.15, 0.2) is 18.2 Å². The second-order valence-corrected chi connectivity index (χ2v) is 4.24. The quantitative estimate of drug-likeness (QED) is 0.780. The number of aryl methyl sites for hydroxylation is 2. The van der Waals surface area contributed by atoms with E-state index in [0.717, 1.165) is 5.69 Å². The van der Waals surface area contributed by atoms with E-state index in [-0.39, 0.29) is 0 Å². The summed E-state index contributed by atoms with van der Waals surface area (Å²) >= 11 is 0. The first kappa shape index (κ1) is 12.5. The molecule has 0 fully saturated rings. The van der Waals surface area contributed by atoms with Crippen molar-refractivity contribution in [3.05, 3.63) is 29.3 Å². The highest BCUT2D eigenvalue weighted by Gasteiger charge is 2.12. The van der Waals surface area contributed by atoms with Crippen molar-refractivity contribution in [2.24, 2.45) is 11.5 Å². The molecule has 88 valence electrons. The van der Waals surface area contributed by atoms with Crippen LogP contribution >= 0.6 is 0 Å². The van der Waals surface area contributed by atoms with Gasteiger partial charge in [-0.15, -0.1) is 0 Å². The second-order valence-electron chi connectivity index (χ2n) is 4.24. The van der Waals surface area contributed by atoms with E-state index in [1.54, 1.807) is 0 Å². The fourth-order valence-corrected chi connectivity index (χ4v) is 1.66. The van der Waals surface area contributed by atoms with Gasteiger partial charge in [-0.05, 0) is 37.1 Å². The number of amides is 1. The smallest absolute Gasteiger partial charge is 0.236 e. The van der Waals surface area contributed by atoms with E-state index < -0.39 is 11.9 Å². The third kappa shape index (κ3) is 3.24. The summed E-state index contributed by atoms with van der Waals surface area (Å²) in [6, 6.07) is 5.58. The van der Waals surface area contributed by atoms with Gasteiger partial charge in [-0.3, -0.25) is 4.79 Å². The predicted octanol–water partition coefficient (Wildman–Crippen LogP) is 0.552. The zero-order valence-corrected chi connectivity index (χ0v) is 10.0. The molecule has 0 aliphatic carbocycles. The second kappa shape index (κ2) is 4.99. The van der Waals surface area contributed by atoms with E-state index in [2.05, 4.69) is 18.2 Å². The average Bonchev–Trinajstić information content (AvgIpc) is 2.15. The number of anilines is 1. The van der Waals surface area contributed by atoms with Crippen LogP contribution in [0, 0.1) is 13.8 Å². The van der Waals surface area contributed by atoms with Crippen molar-refractivity contribution >= 4 is 11.6 Å². The number of hydrogen-bond acceptors (Lipinski definition) is 3. The van der Waals surface area contributed by atoms with E-state index in [4.69, 9.17) is 11.5 Å². The fourth-order valence-electron chi connectivity index (χ4n) is 1.66. The summed E-state index contributed by atoms with van der Waals surface area (Å²) in [5.74, 6) is -0.476. The summed E-state index contributed by atoms with van der Waals surface area (Å²) in [6.07, 6.45) is 0. The number of nitrogens with two attached hydrogens (primary N) is 2. The molecule has 0 radical (unpaired) electrons. The number of carbonyl (C=O) groups is 1. The number of nitrogens with zero attached hydrogens (tertiary/aromatic N) is 1. The minimum atomic E-state index is -0.634. The van der Waals surface area contributed by atoms with Crippen LogP contribution in [-0.2, 0) is 4.79 Å². The number of rotatable bonds is 4. The largest absolute Gasteiger partial charge is 0.372 e. The maximum atomic E-state index is 10.9. The van der Waals surface area contributed by atoms with Gasteiger partial charge in [-0.1, -0.05) is 6.07 Å². The normalized spacial score (nSPS) is 12.2. The van der Waals surface area contributed by atoms with E-state index >= 15 is 0 Å². The Labute approximate surface area is 96.2 Å². The molecule has 1 aromatic carbocycles. The Morgan fingerprint density at radius 3 is 2.25 bits per heavy atom. The van der Waals surface area contributed by atoms with Crippen LogP contribution in [0.4, 0.5) is 5.69 Å². The van der Waals surface area contributed by atoms with Crippen molar-refractivity contribution < 1.29 is 4.79 Å². The molecule has 0 saturated heterocycles. The first-order valence-corrected chi connectivity index (χ1v) is 5.24. The van der Waals surface area contributed by atoms with Gasteiger partial charge in [0.05, 0.1) is 0 Å².